The lowest BCUT2D eigenvalue weighted by atomic mass is 9.84. The standard InChI is InChI=1S/C25H33N5/c1-19(2)30-18-21(16-26-30)17-29-12-6-9-25(29)10-13-28(14-11-25)24-15-20(3)27-23-8-5-4-7-22(23)24/h4-5,7-8,15-16,18-19H,6,9-14,17H2,1-3H3. The molecule has 0 atom stereocenters. The van der Waals surface area contributed by atoms with Crippen LogP contribution in [-0.4, -0.2) is 44.8 Å². The van der Waals surface area contributed by atoms with Crippen LogP contribution in [-0.2, 0) is 6.54 Å². The van der Waals surface area contributed by atoms with Gasteiger partial charge in [0.1, 0.15) is 0 Å². The van der Waals surface area contributed by atoms with Crippen molar-refractivity contribution in [2.75, 3.05) is 24.5 Å². The minimum absolute atomic E-state index is 0.355. The molecular weight excluding hydrogens is 370 g/mol. The molecule has 158 valence electrons. The molecular formula is C25H33N5. The smallest absolute Gasteiger partial charge is 0.0726 e. The van der Waals surface area contributed by atoms with Crippen molar-refractivity contribution in [3.05, 3.63) is 54.0 Å². The minimum atomic E-state index is 0.355. The van der Waals surface area contributed by atoms with Gasteiger partial charge < -0.3 is 4.90 Å². The average molecular weight is 404 g/mol. The lowest BCUT2D eigenvalue weighted by Crippen LogP contribution is -2.51. The maximum Gasteiger partial charge on any atom is 0.0726 e. The molecule has 5 nitrogen and oxygen atoms in total. The van der Waals surface area contributed by atoms with Gasteiger partial charge in [0.2, 0.25) is 0 Å². The Morgan fingerprint density at radius 2 is 1.87 bits per heavy atom. The summed E-state index contributed by atoms with van der Waals surface area (Å²) < 4.78 is 2.08. The molecule has 4 heterocycles. The molecule has 0 bridgehead atoms. The first-order valence-electron chi connectivity index (χ1n) is 11.4. The first kappa shape index (κ1) is 19.6. The Morgan fingerprint density at radius 3 is 2.63 bits per heavy atom. The number of pyridine rings is 1. The van der Waals surface area contributed by atoms with Crippen LogP contribution in [0.15, 0.2) is 42.7 Å². The third-order valence-corrected chi connectivity index (χ3v) is 7.16. The zero-order valence-corrected chi connectivity index (χ0v) is 18.5. The maximum absolute atomic E-state index is 4.73. The van der Waals surface area contributed by atoms with Crippen molar-refractivity contribution in [2.24, 2.45) is 0 Å². The van der Waals surface area contributed by atoms with Crippen molar-refractivity contribution < 1.29 is 0 Å². The molecule has 0 amide bonds. The summed E-state index contributed by atoms with van der Waals surface area (Å²) in [7, 11) is 0. The van der Waals surface area contributed by atoms with E-state index in [1.807, 2.05) is 0 Å². The maximum atomic E-state index is 4.73. The summed E-state index contributed by atoms with van der Waals surface area (Å²) in [5.41, 5.74) is 5.28. The van der Waals surface area contributed by atoms with E-state index in [0.717, 1.165) is 30.8 Å². The summed E-state index contributed by atoms with van der Waals surface area (Å²) in [4.78, 5) is 10.1. The van der Waals surface area contributed by atoms with E-state index in [9.17, 15) is 0 Å². The van der Waals surface area contributed by atoms with E-state index in [1.54, 1.807) is 0 Å². The highest BCUT2D eigenvalue weighted by atomic mass is 15.3. The second-order valence-electron chi connectivity index (χ2n) is 9.46. The van der Waals surface area contributed by atoms with Gasteiger partial charge in [-0.1, -0.05) is 18.2 Å². The van der Waals surface area contributed by atoms with E-state index in [4.69, 9.17) is 4.98 Å². The SMILES string of the molecule is Cc1cc(N2CCC3(CCCN3Cc3cnn(C(C)C)c3)CC2)c2ccccc2n1. The molecule has 2 fully saturated rings. The van der Waals surface area contributed by atoms with Crippen LogP contribution in [0.25, 0.3) is 10.9 Å². The van der Waals surface area contributed by atoms with Gasteiger partial charge in [0.15, 0.2) is 0 Å². The van der Waals surface area contributed by atoms with Crippen LogP contribution in [0.5, 0.6) is 0 Å². The molecule has 3 aromatic rings. The average Bonchev–Trinajstić information content (AvgIpc) is 3.36. The number of aromatic nitrogens is 3. The number of hydrogen-bond acceptors (Lipinski definition) is 4. The fourth-order valence-electron chi connectivity index (χ4n) is 5.48. The summed E-state index contributed by atoms with van der Waals surface area (Å²) in [6.07, 6.45) is 9.41. The highest BCUT2D eigenvalue weighted by Gasteiger charge is 2.43. The molecule has 30 heavy (non-hydrogen) atoms. The number of benzene rings is 1. The van der Waals surface area contributed by atoms with Crippen LogP contribution in [0.4, 0.5) is 5.69 Å². The summed E-state index contributed by atoms with van der Waals surface area (Å²) in [6.45, 7) is 11.0. The van der Waals surface area contributed by atoms with Gasteiger partial charge in [-0.15, -0.1) is 0 Å². The van der Waals surface area contributed by atoms with Crippen molar-refractivity contribution in [1.29, 1.82) is 0 Å². The van der Waals surface area contributed by atoms with E-state index in [1.165, 1.54) is 48.9 Å². The third kappa shape index (κ3) is 3.49. The number of para-hydroxylation sites is 1. The first-order chi connectivity index (χ1) is 14.5. The molecule has 0 N–H and O–H groups in total. The quantitative estimate of drug-likeness (QED) is 0.617. The summed E-state index contributed by atoms with van der Waals surface area (Å²) in [5, 5.41) is 5.84. The topological polar surface area (TPSA) is 37.2 Å². The van der Waals surface area contributed by atoms with Crippen LogP contribution in [0, 0.1) is 6.92 Å². The monoisotopic (exact) mass is 403 g/mol. The highest BCUT2D eigenvalue weighted by Crippen LogP contribution is 2.41. The van der Waals surface area contributed by atoms with Crippen LogP contribution in [0.1, 0.15) is 56.8 Å². The van der Waals surface area contributed by atoms with Gasteiger partial charge in [-0.3, -0.25) is 14.6 Å². The van der Waals surface area contributed by atoms with Crippen LogP contribution in [0.3, 0.4) is 0 Å². The number of fused-ring (bicyclic) bond motifs is 1. The van der Waals surface area contributed by atoms with Gasteiger partial charge in [-0.25, -0.2) is 0 Å². The zero-order valence-electron chi connectivity index (χ0n) is 18.5. The Morgan fingerprint density at radius 1 is 1.07 bits per heavy atom. The number of rotatable bonds is 4. The number of aryl methyl sites for hydroxylation is 1. The van der Waals surface area contributed by atoms with E-state index in [-0.39, 0.29) is 0 Å². The van der Waals surface area contributed by atoms with E-state index < -0.39 is 0 Å². The fraction of sp³-hybridized carbons (Fsp3) is 0.520. The molecule has 2 aliphatic heterocycles. The normalized spacial score (nSPS) is 19.4. The number of anilines is 1. The molecule has 0 unspecified atom stereocenters. The summed E-state index contributed by atoms with van der Waals surface area (Å²) >= 11 is 0. The van der Waals surface area contributed by atoms with Crippen LogP contribution in [0.2, 0.25) is 0 Å². The summed E-state index contributed by atoms with van der Waals surface area (Å²) in [5.74, 6) is 0. The molecule has 2 aliphatic rings. The van der Waals surface area contributed by atoms with E-state index in [2.05, 4.69) is 83.1 Å². The van der Waals surface area contributed by atoms with E-state index in [0.29, 0.717) is 11.6 Å². The molecule has 0 aliphatic carbocycles. The first-order valence-corrected chi connectivity index (χ1v) is 11.4. The minimum Gasteiger partial charge on any atom is -0.371 e. The molecule has 2 saturated heterocycles. The molecule has 5 heteroatoms. The number of hydrogen-bond donors (Lipinski definition) is 0. The predicted molar refractivity (Wildman–Crippen MR) is 123 cm³/mol. The van der Waals surface area contributed by atoms with Gasteiger partial charge >= 0.3 is 0 Å². The largest absolute Gasteiger partial charge is 0.371 e. The number of nitrogens with zero attached hydrogens (tertiary/aromatic N) is 5. The molecule has 1 spiro atoms. The van der Waals surface area contributed by atoms with Crippen LogP contribution >= 0.6 is 0 Å². The van der Waals surface area contributed by atoms with Gasteiger partial charge in [0, 0.05) is 59.7 Å². The Balaban J connectivity index is 1.33. The zero-order chi connectivity index (χ0) is 20.7. The van der Waals surface area contributed by atoms with Crippen molar-refractivity contribution in [2.45, 2.75) is 64.6 Å². The molecule has 2 aromatic heterocycles. The molecule has 1 aromatic carbocycles. The second kappa shape index (κ2) is 7.69. The molecule has 5 rings (SSSR count). The predicted octanol–water partition coefficient (Wildman–Crippen LogP) is 4.96. The van der Waals surface area contributed by atoms with Crippen molar-refractivity contribution in [3.8, 4) is 0 Å². The Hall–Kier alpha value is -2.40. The Kier molecular flexibility index (Phi) is 5.02. The fourth-order valence-corrected chi connectivity index (χ4v) is 5.48. The number of likely N-dealkylation sites (tertiary alicyclic amines) is 1. The lowest BCUT2D eigenvalue weighted by molar-refractivity contribution is 0.0998. The van der Waals surface area contributed by atoms with E-state index >= 15 is 0 Å². The Labute approximate surface area is 179 Å². The van der Waals surface area contributed by atoms with Crippen molar-refractivity contribution >= 4 is 16.6 Å². The van der Waals surface area contributed by atoms with Crippen LogP contribution < -0.4 is 4.90 Å². The highest BCUT2D eigenvalue weighted by molar-refractivity contribution is 5.92. The van der Waals surface area contributed by atoms with Gasteiger partial charge in [0.05, 0.1) is 11.7 Å². The third-order valence-electron chi connectivity index (χ3n) is 7.16. The number of piperidine rings is 1. The van der Waals surface area contributed by atoms with Gasteiger partial charge in [-0.05, 0) is 65.1 Å². The van der Waals surface area contributed by atoms with Gasteiger partial charge in [-0.2, -0.15) is 5.10 Å². The Bertz CT molecular complexity index is 1030. The molecule has 0 radical (unpaired) electrons. The van der Waals surface area contributed by atoms with Crippen molar-refractivity contribution in [3.63, 3.8) is 0 Å². The second-order valence-corrected chi connectivity index (χ2v) is 9.46. The summed E-state index contributed by atoms with van der Waals surface area (Å²) in [6, 6.07) is 11.3. The van der Waals surface area contributed by atoms with Crippen molar-refractivity contribution in [1.82, 2.24) is 19.7 Å². The lowest BCUT2D eigenvalue weighted by Gasteiger charge is -2.46. The van der Waals surface area contributed by atoms with Gasteiger partial charge in [0.25, 0.3) is 0 Å². The molecule has 0 saturated carbocycles.